The summed E-state index contributed by atoms with van der Waals surface area (Å²) in [5, 5.41) is 0.778. The Hall–Kier alpha value is -3.14. The summed E-state index contributed by atoms with van der Waals surface area (Å²) in [4.78, 5) is 27.0. The number of aromatic amines is 1. The van der Waals surface area contributed by atoms with E-state index in [0.717, 1.165) is 22.8 Å². The number of methoxy groups -OCH3 is 1. The van der Waals surface area contributed by atoms with Crippen molar-refractivity contribution in [2.75, 3.05) is 7.11 Å². The third kappa shape index (κ3) is 2.79. The normalized spacial score (nSPS) is 11.4. The zero-order valence-corrected chi connectivity index (χ0v) is 12.6. The average Bonchev–Trinajstić information content (AvgIpc) is 2.98. The first kappa shape index (κ1) is 14.8. The second kappa shape index (κ2) is 6.32. The van der Waals surface area contributed by atoms with Crippen molar-refractivity contribution in [3.63, 3.8) is 0 Å². The molecule has 0 aliphatic heterocycles. The molecule has 0 aliphatic carbocycles. The molecule has 1 aromatic heterocycles. The highest BCUT2D eigenvalue weighted by atomic mass is 16.5. The van der Waals surface area contributed by atoms with Crippen LogP contribution < -0.4 is 0 Å². The van der Waals surface area contributed by atoms with E-state index in [1.54, 1.807) is 6.08 Å². The molecule has 0 fully saturated rings. The largest absolute Gasteiger partial charge is 0.465 e. The van der Waals surface area contributed by atoms with Crippen molar-refractivity contribution in [2.24, 2.45) is 0 Å². The first-order valence-electron chi connectivity index (χ1n) is 7.16. The quantitative estimate of drug-likeness (QED) is 0.454. The zero-order chi connectivity index (χ0) is 16.2. The average molecular weight is 305 g/mol. The number of ether oxygens (including phenoxy) is 1. The first-order chi connectivity index (χ1) is 11.2. The van der Waals surface area contributed by atoms with E-state index in [1.807, 2.05) is 54.6 Å². The number of hydrogen-bond acceptors (Lipinski definition) is 3. The van der Waals surface area contributed by atoms with Crippen molar-refractivity contribution in [2.45, 2.75) is 0 Å². The van der Waals surface area contributed by atoms with Crippen LogP contribution in [0.25, 0.3) is 22.6 Å². The number of fused-ring (bicyclic) bond motifs is 1. The molecule has 0 saturated carbocycles. The molecule has 0 bridgehead atoms. The third-order valence-corrected chi connectivity index (χ3v) is 3.65. The molecule has 3 rings (SSSR count). The predicted molar refractivity (Wildman–Crippen MR) is 90.0 cm³/mol. The second-order valence-corrected chi connectivity index (χ2v) is 5.04. The van der Waals surface area contributed by atoms with Crippen LogP contribution in [0.2, 0.25) is 0 Å². The molecule has 3 aromatic rings. The summed E-state index contributed by atoms with van der Waals surface area (Å²) in [6.45, 7) is 0. The number of rotatable bonds is 4. The number of carbonyl (C=O) groups is 2. The van der Waals surface area contributed by atoms with Gasteiger partial charge in [-0.15, -0.1) is 0 Å². The lowest BCUT2D eigenvalue weighted by Gasteiger charge is -2.05. The van der Waals surface area contributed by atoms with E-state index in [-0.39, 0.29) is 0 Å². The van der Waals surface area contributed by atoms with Gasteiger partial charge in [0.1, 0.15) is 0 Å². The van der Waals surface area contributed by atoms with Crippen LogP contribution in [0, 0.1) is 0 Å². The lowest BCUT2D eigenvalue weighted by atomic mass is 10.0. The smallest absolute Gasteiger partial charge is 0.340 e. The molecule has 4 heteroatoms. The topological polar surface area (TPSA) is 59.2 Å². The zero-order valence-electron chi connectivity index (χ0n) is 12.6. The molecule has 0 aliphatic rings. The van der Waals surface area contributed by atoms with Gasteiger partial charge in [0.25, 0.3) is 0 Å². The van der Waals surface area contributed by atoms with Gasteiger partial charge in [0.05, 0.1) is 18.4 Å². The Balaban J connectivity index is 2.24. The summed E-state index contributed by atoms with van der Waals surface area (Å²) in [5.41, 5.74) is 2.89. The number of nitrogens with one attached hydrogen (secondary N) is 1. The van der Waals surface area contributed by atoms with Crippen LogP contribution in [0.3, 0.4) is 0 Å². The van der Waals surface area contributed by atoms with Crippen molar-refractivity contribution in [1.82, 2.24) is 4.98 Å². The highest BCUT2D eigenvalue weighted by Crippen LogP contribution is 2.28. The van der Waals surface area contributed by atoms with Gasteiger partial charge in [0.15, 0.2) is 6.29 Å². The maximum Gasteiger partial charge on any atom is 0.340 e. The van der Waals surface area contributed by atoms with Gasteiger partial charge in [-0.1, -0.05) is 48.5 Å². The number of H-pyrrole nitrogens is 1. The molecular formula is C19H15NO3. The van der Waals surface area contributed by atoms with Crippen molar-refractivity contribution >= 4 is 34.8 Å². The number of para-hydroxylation sites is 1. The SMILES string of the molecule is COC(=O)/C(=C/c1ccccc1)c1[nH]c2ccccc2c1C=O. The summed E-state index contributed by atoms with van der Waals surface area (Å²) in [6, 6.07) is 16.9. The van der Waals surface area contributed by atoms with Crippen LogP contribution in [0.15, 0.2) is 54.6 Å². The summed E-state index contributed by atoms with van der Waals surface area (Å²) in [7, 11) is 1.32. The number of aromatic nitrogens is 1. The van der Waals surface area contributed by atoms with E-state index >= 15 is 0 Å². The van der Waals surface area contributed by atoms with E-state index in [0.29, 0.717) is 16.8 Å². The third-order valence-electron chi connectivity index (χ3n) is 3.65. The minimum Gasteiger partial charge on any atom is -0.465 e. The second-order valence-electron chi connectivity index (χ2n) is 5.04. The molecule has 0 spiro atoms. The Morgan fingerprint density at radius 1 is 1.04 bits per heavy atom. The summed E-state index contributed by atoms with van der Waals surface area (Å²) in [5.74, 6) is -0.497. The van der Waals surface area contributed by atoms with E-state index in [1.165, 1.54) is 7.11 Å². The standard InChI is InChI=1S/C19H15NO3/c1-23-19(22)15(11-13-7-3-2-4-8-13)18-16(12-21)14-9-5-6-10-17(14)20-18/h2-12,20H,1H3/b15-11+. The van der Waals surface area contributed by atoms with Gasteiger partial charge in [-0.05, 0) is 17.7 Å². The maximum atomic E-state index is 12.2. The van der Waals surface area contributed by atoms with Crippen molar-refractivity contribution in [3.05, 3.63) is 71.4 Å². The van der Waals surface area contributed by atoms with Gasteiger partial charge >= 0.3 is 5.97 Å². The fourth-order valence-electron chi connectivity index (χ4n) is 2.56. The van der Waals surface area contributed by atoms with Crippen LogP contribution in [0.4, 0.5) is 0 Å². The fraction of sp³-hybridized carbons (Fsp3) is 0.0526. The number of esters is 1. The molecule has 0 unspecified atom stereocenters. The van der Waals surface area contributed by atoms with Gasteiger partial charge in [-0.25, -0.2) is 4.79 Å². The number of carbonyl (C=O) groups excluding carboxylic acids is 2. The molecule has 4 nitrogen and oxygen atoms in total. The van der Waals surface area contributed by atoms with E-state index < -0.39 is 5.97 Å². The number of aldehydes is 1. The first-order valence-corrected chi connectivity index (χ1v) is 7.16. The molecular weight excluding hydrogens is 290 g/mol. The number of benzene rings is 2. The Morgan fingerprint density at radius 3 is 2.43 bits per heavy atom. The van der Waals surface area contributed by atoms with E-state index in [2.05, 4.69) is 4.98 Å². The molecule has 2 aromatic carbocycles. The van der Waals surface area contributed by atoms with Gasteiger partial charge in [-0.3, -0.25) is 4.79 Å². The van der Waals surface area contributed by atoms with Gasteiger partial charge in [-0.2, -0.15) is 0 Å². The van der Waals surface area contributed by atoms with Crippen LogP contribution in [-0.4, -0.2) is 24.3 Å². The van der Waals surface area contributed by atoms with Gasteiger partial charge < -0.3 is 9.72 Å². The lowest BCUT2D eigenvalue weighted by Crippen LogP contribution is -2.06. The highest BCUT2D eigenvalue weighted by molar-refractivity contribution is 6.24. The van der Waals surface area contributed by atoms with Crippen LogP contribution in [-0.2, 0) is 9.53 Å². The van der Waals surface area contributed by atoms with Crippen molar-refractivity contribution in [3.8, 4) is 0 Å². The molecule has 0 radical (unpaired) electrons. The molecule has 0 atom stereocenters. The summed E-state index contributed by atoms with van der Waals surface area (Å²) in [6.07, 6.45) is 2.47. The monoisotopic (exact) mass is 305 g/mol. The Bertz CT molecular complexity index is 891. The Kier molecular flexibility index (Phi) is 4.06. The van der Waals surface area contributed by atoms with E-state index in [4.69, 9.17) is 4.74 Å². The summed E-state index contributed by atoms with van der Waals surface area (Å²) < 4.78 is 4.89. The summed E-state index contributed by atoms with van der Waals surface area (Å²) >= 11 is 0. The molecule has 1 N–H and O–H groups in total. The van der Waals surface area contributed by atoms with Crippen molar-refractivity contribution < 1.29 is 14.3 Å². The minimum absolute atomic E-state index is 0.317. The predicted octanol–water partition coefficient (Wildman–Crippen LogP) is 3.69. The molecule has 0 amide bonds. The maximum absolute atomic E-state index is 12.2. The van der Waals surface area contributed by atoms with E-state index in [9.17, 15) is 9.59 Å². The van der Waals surface area contributed by atoms with Crippen LogP contribution in [0.5, 0.6) is 0 Å². The van der Waals surface area contributed by atoms with Crippen molar-refractivity contribution in [1.29, 1.82) is 0 Å². The fourth-order valence-corrected chi connectivity index (χ4v) is 2.56. The minimum atomic E-state index is -0.497. The molecule has 0 saturated heterocycles. The molecule has 114 valence electrons. The molecule has 23 heavy (non-hydrogen) atoms. The molecule has 1 heterocycles. The Labute approximate surface area is 133 Å². The number of hydrogen-bond donors (Lipinski definition) is 1. The lowest BCUT2D eigenvalue weighted by molar-refractivity contribution is -0.133. The van der Waals surface area contributed by atoms with Gasteiger partial charge in [0, 0.05) is 16.5 Å². The highest BCUT2D eigenvalue weighted by Gasteiger charge is 2.20. The van der Waals surface area contributed by atoms with Crippen LogP contribution in [0.1, 0.15) is 21.6 Å². The van der Waals surface area contributed by atoms with Gasteiger partial charge in [0.2, 0.25) is 0 Å². The van der Waals surface area contributed by atoms with Crippen LogP contribution >= 0.6 is 0 Å². The Morgan fingerprint density at radius 2 is 1.74 bits per heavy atom.